The van der Waals surface area contributed by atoms with E-state index in [9.17, 15) is 4.39 Å². The van der Waals surface area contributed by atoms with Crippen LogP contribution in [-0.4, -0.2) is 49.6 Å². The minimum absolute atomic E-state index is 0.227. The second-order valence-corrected chi connectivity index (χ2v) is 5.74. The summed E-state index contributed by atoms with van der Waals surface area (Å²) in [4.78, 5) is 4.70. The minimum atomic E-state index is -0.495. The first-order valence-corrected chi connectivity index (χ1v) is 7.10. The van der Waals surface area contributed by atoms with Crippen LogP contribution < -0.4 is 5.73 Å². The first-order valence-electron chi connectivity index (χ1n) is 7.10. The fourth-order valence-electron chi connectivity index (χ4n) is 2.72. The predicted octanol–water partition coefficient (Wildman–Crippen LogP) is 1.80. The Hall–Kier alpha value is -1.23. The smallest absolute Gasteiger partial charge is 0.123 e. The van der Waals surface area contributed by atoms with Crippen LogP contribution in [0.1, 0.15) is 12.0 Å². The van der Waals surface area contributed by atoms with Gasteiger partial charge in [-0.2, -0.15) is 0 Å². The van der Waals surface area contributed by atoms with E-state index in [2.05, 4.69) is 23.4 Å². The molecule has 110 valence electrons. The zero-order valence-corrected chi connectivity index (χ0v) is 12.2. The summed E-state index contributed by atoms with van der Waals surface area (Å²) in [6.07, 6.45) is 2.53. The number of likely N-dealkylation sites (N-methyl/N-ethyl adjacent to an activating group) is 1. The van der Waals surface area contributed by atoms with E-state index in [4.69, 9.17) is 5.73 Å². The Morgan fingerprint density at radius 1 is 1.25 bits per heavy atom. The summed E-state index contributed by atoms with van der Waals surface area (Å²) in [7, 11) is 2.14. The predicted molar refractivity (Wildman–Crippen MR) is 81.0 cm³/mol. The number of rotatable bonds is 5. The molecule has 0 amide bonds. The van der Waals surface area contributed by atoms with E-state index in [1.807, 2.05) is 6.08 Å². The van der Waals surface area contributed by atoms with Crippen molar-refractivity contribution >= 4 is 0 Å². The topological polar surface area (TPSA) is 32.5 Å². The van der Waals surface area contributed by atoms with E-state index >= 15 is 0 Å². The van der Waals surface area contributed by atoms with Gasteiger partial charge < -0.3 is 10.6 Å². The van der Waals surface area contributed by atoms with Gasteiger partial charge in [0, 0.05) is 32.7 Å². The largest absolute Gasteiger partial charge is 0.320 e. The number of hydrogen-bond donors (Lipinski definition) is 1. The van der Waals surface area contributed by atoms with Crippen LogP contribution in [0.3, 0.4) is 0 Å². The van der Waals surface area contributed by atoms with Gasteiger partial charge in [-0.25, -0.2) is 4.39 Å². The molecule has 0 saturated carbocycles. The van der Waals surface area contributed by atoms with E-state index in [0.29, 0.717) is 6.42 Å². The van der Waals surface area contributed by atoms with Crippen LogP contribution in [0.25, 0.3) is 0 Å². The van der Waals surface area contributed by atoms with Crippen LogP contribution in [0, 0.1) is 5.82 Å². The molecule has 1 atom stereocenters. The highest BCUT2D eigenvalue weighted by atomic mass is 19.1. The summed E-state index contributed by atoms with van der Waals surface area (Å²) in [5.41, 5.74) is 7.07. The Kier molecular flexibility index (Phi) is 4.91. The van der Waals surface area contributed by atoms with Crippen molar-refractivity contribution in [3.63, 3.8) is 0 Å². The lowest BCUT2D eigenvalue weighted by atomic mass is 9.86. The quantitative estimate of drug-likeness (QED) is 0.833. The van der Waals surface area contributed by atoms with Gasteiger partial charge in [-0.3, -0.25) is 4.90 Å². The molecular formula is C16H24FN3. The third-order valence-corrected chi connectivity index (χ3v) is 4.03. The summed E-state index contributed by atoms with van der Waals surface area (Å²) in [5.74, 6) is -0.227. The number of halogens is 1. The van der Waals surface area contributed by atoms with Crippen molar-refractivity contribution in [2.75, 3.05) is 39.8 Å². The SMILES string of the molecule is C=CCC(N)(CN1CCN(C)CC1)c1ccc(F)cc1. The van der Waals surface area contributed by atoms with E-state index in [0.717, 1.165) is 38.3 Å². The molecule has 1 aliphatic rings. The maximum absolute atomic E-state index is 13.1. The molecule has 1 aliphatic heterocycles. The molecular weight excluding hydrogens is 253 g/mol. The second-order valence-electron chi connectivity index (χ2n) is 5.74. The molecule has 1 saturated heterocycles. The molecule has 0 aliphatic carbocycles. The minimum Gasteiger partial charge on any atom is -0.320 e. The molecule has 2 N–H and O–H groups in total. The molecule has 2 rings (SSSR count). The number of piperazine rings is 1. The summed E-state index contributed by atoms with van der Waals surface area (Å²) < 4.78 is 13.1. The van der Waals surface area contributed by atoms with Crippen molar-refractivity contribution in [3.8, 4) is 0 Å². The summed E-state index contributed by atoms with van der Waals surface area (Å²) in [5, 5.41) is 0. The molecule has 3 nitrogen and oxygen atoms in total. The molecule has 0 spiro atoms. The third-order valence-electron chi connectivity index (χ3n) is 4.03. The first kappa shape index (κ1) is 15.2. The van der Waals surface area contributed by atoms with Gasteiger partial charge in [0.15, 0.2) is 0 Å². The zero-order valence-electron chi connectivity index (χ0n) is 12.2. The summed E-state index contributed by atoms with van der Waals surface area (Å²) in [6, 6.07) is 6.53. The third kappa shape index (κ3) is 3.66. The van der Waals surface area contributed by atoms with E-state index < -0.39 is 5.54 Å². The van der Waals surface area contributed by atoms with Crippen LogP contribution in [0.2, 0.25) is 0 Å². The molecule has 0 radical (unpaired) electrons. The number of nitrogens with zero attached hydrogens (tertiary/aromatic N) is 2. The number of nitrogens with two attached hydrogens (primary N) is 1. The lowest BCUT2D eigenvalue weighted by Gasteiger charge is -2.39. The molecule has 0 bridgehead atoms. The Morgan fingerprint density at radius 3 is 2.40 bits per heavy atom. The molecule has 1 aromatic rings. The van der Waals surface area contributed by atoms with Crippen LogP contribution in [-0.2, 0) is 5.54 Å². The average molecular weight is 277 g/mol. The maximum atomic E-state index is 13.1. The Balaban J connectivity index is 2.12. The van der Waals surface area contributed by atoms with Gasteiger partial charge >= 0.3 is 0 Å². The number of hydrogen-bond acceptors (Lipinski definition) is 3. The molecule has 1 aromatic carbocycles. The standard InChI is InChI=1S/C16H24FN3/c1-3-8-16(18,14-4-6-15(17)7-5-14)13-20-11-9-19(2)10-12-20/h3-7H,1,8-13,18H2,2H3. The van der Waals surface area contributed by atoms with Crippen molar-refractivity contribution in [3.05, 3.63) is 48.3 Å². The molecule has 20 heavy (non-hydrogen) atoms. The fraction of sp³-hybridized carbons (Fsp3) is 0.500. The monoisotopic (exact) mass is 277 g/mol. The van der Waals surface area contributed by atoms with Gasteiger partial charge in [0.05, 0.1) is 5.54 Å². The van der Waals surface area contributed by atoms with E-state index in [-0.39, 0.29) is 5.82 Å². The van der Waals surface area contributed by atoms with E-state index in [1.165, 1.54) is 12.1 Å². The molecule has 0 aromatic heterocycles. The van der Waals surface area contributed by atoms with Crippen LogP contribution in [0.15, 0.2) is 36.9 Å². The first-order chi connectivity index (χ1) is 9.53. The lowest BCUT2D eigenvalue weighted by Crippen LogP contribution is -2.53. The highest BCUT2D eigenvalue weighted by Gasteiger charge is 2.29. The van der Waals surface area contributed by atoms with Gasteiger partial charge in [-0.1, -0.05) is 18.2 Å². The fourth-order valence-corrected chi connectivity index (χ4v) is 2.72. The second kappa shape index (κ2) is 6.48. The normalized spacial score (nSPS) is 20.6. The van der Waals surface area contributed by atoms with Gasteiger partial charge in [-0.15, -0.1) is 6.58 Å². The van der Waals surface area contributed by atoms with Crippen LogP contribution in [0.4, 0.5) is 4.39 Å². The van der Waals surface area contributed by atoms with Gasteiger partial charge in [-0.05, 0) is 31.2 Å². The molecule has 1 heterocycles. The molecule has 1 fully saturated rings. The summed E-state index contributed by atoms with van der Waals surface area (Å²) >= 11 is 0. The number of benzene rings is 1. The van der Waals surface area contributed by atoms with Crippen LogP contribution in [0.5, 0.6) is 0 Å². The van der Waals surface area contributed by atoms with Crippen molar-refractivity contribution in [2.24, 2.45) is 5.73 Å². The van der Waals surface area contributed by atoms with Gasteiger partial charge in [0.25, 0.3) is 0 Å². The highest BCUT2D eigenvalue weighted by Crippen LogP contribution is 2.25. The highest BCUT2D eigenvalue weighted by molar-refractivity contribution is 5.26. The van der Waals surface area contributed by atoms with Crippen molar-refractivity contribution in [1.29, 1.82) is 0 Å². The Labute approximate surface area is 120 Å². The van der Waals surface area contributed by atoms with Crippen molar-refractivity contribution in [2.45, 2.75) is 12.0 Å². The maximum Gasteiger partial charge on any atom is 0.123 e. The molecule has 1 unspecified atom stereocenters. The Bertz CT molecular complexity index is 438. The molecule has 4 heteroatoms. The average Bonchev–Trinajstić information content (AvgIpc) is 2.42. The zero-order chi connectivity index (χ0) is 14.6. The van der Waals surface area contributed by atoms with Crippen molar-refractivity contribution in [1.82, 2.24) is 9.80 Å². The van der Waals surface area contributed by atoms with Gasteiger partial charge in [0.1, 0.15) is 5.82 Å². The van der Waals surface area contributed by atoms with E-state index in [1.54, 1.807) is 12.1 Å². The lowest BCUT2D eigenvalue weighted by molar-refractivity contribution is 0.126. The summed E-state index contributed by atoms with van der Waals surface area (Å²) in [6.45, 7) is 8.76. The van der Waals surface area contributed by atoms with Crippen molar-refractivity contribution < 1.29 is 4.39 Å². The Morgan fingerprint density at radius 2 is 1.85 bits per heavy atom. The van der Waals surface area contributed by atoms with Crippen LogP contribution >= 0.6 is 0 Å². The van der Waals surface area contributed by atoms with Gasteiger partial charge in [0.2, 0.25) is 0 Å².